The Bertz CT molecular complexity index is 585. The minimum absolute atomic E-state index is 0.151. The average molecular weight is 340 g/mol. The Morgan fingerprint density at radius 1 is 1.30 bits per heavy atom. The van der Waals surface area contributed by atoms with Crippen LogP contribution in [0.1, 0.15) is 18.4 Å². The van der Waals surface area contributed by atoms with Gasteiger partial charge in [0.15, 0.2) is 0 Å². The summed E-state index contributed by atoms with van der Waals surface area (Å²) in [6.45, 7) is 0.538. The van der Waals surface area contributed by atoms with E-state index in [4.69, 9.17) is 4.74 Å². The molecule has 5 nitrogen and oxygen atoms in total. The molecule has 0 saturated carbocycles. The smallest absolute Gasteiger partial charge is 0.458 e. The number of ether oxygens (including phenoxy) is 1. The number of rotatable bonds is 5. The Morgan fingerprint density at radius 3 is 2.52 bits per heavy atom. The summed E-state index contributed by atoms with van der Waals surface area (Å²) in [6, 6.07) is 1.37. The van der Waals surface area contributed by atoms with Crippen LogP contribution >= 0.6 is 0 Å². The van der Waals surface area contributed by atoms with E-state index >= 15 is 0 Å². The third-order valence-electron chi connectivity index (χ3n) is 3.47. The van der Waals surface area contributed by atoms with Crippen molar-refractivity contribution in [3.63, 3.8) is 0 Å². The van der Waals surface area contributed by atoms with Crippen molar-refractivity contribution in [3.05, 3.63) is 33.9 Å². The number of benzene rings is 1. The highest BCUT2D eigenvalue weighted by Gasteiger charge is 2.60. The summed E-state index contributed by atoms with van der Waals surface area (Å²) >= 11 is 0. The van der Waals surface area contributed by atoms with Crippen LogP contribution in [0.4, 0.5) is 27.6 Å². The largest absolute Gasteiger partial charge is 0.491 e. The van der Waals surface area contributed by atoms with Gasteiger partial charge in [0.05, 0.1) is 16.6 Å². The standard InChI is InChI=1S/C13H13F5N2O3/c14-12(15,13(16,17)18)10-4-3-9(20(21)22)6-11(10)23-7-8-2-1-5-19-8/h3-4,6,8,19H,1-2,5,7H2/t8-/m1/s1. The molecule has 0 aromatic heterocycles. The number of hydrogen-bond acceptors (Lipinski definition) is 4. The molecule has 23 heavy (non-hydrogen) atoms. The van der Waals surface area contributed by atoms with Gasteiger partial charge in [0.2, 0.25) is 0 Å². The SMILES string of the molecule is O=[N+]([O-])c1ccc(C(F)(F)C(F)(F)F)c(OC[C@H]2CCCN2)c1. The maximum absolute atomic E-state index is 13.6. The lowest BCUT2D eigenvalue weighted by atomic mass is 10.1. The van der Waals surface area contributed by atoms with E-state index in [-0.39, 0.29) is 12.6 Å². The molecule has 1 N–H and O–H groups in total. The third-order valence-corrected chi connectivity index (χ3v) is 3.47. The molecule has 2 rings (SSSR count). The molecule has 0 unspecified atom stereocenters. The number of nitro benzene ring substituents is 1. The van der Waals surface area contributed by atoms with Gasteiger partial charge in [0, 0.05) is 12.1 Å². The van der Waals surface area contributed by atoms with Gasteiger partial charge in [-0.05, 0) is 25.5 Å². The van der Waals surface area contributed by atoms with Crippen LogP contribution in [0, 0.1) is 10.1 Å². The van der Waals surface area contributed by atoms with Crippen molar-refractivity contribution in [1.29, 1.82) is 0 Å². The van der Waals surface area contributed by atoms with Gasteiger partial charge in [0.25, 0.3) is 5.69 Å². The van der Waals surface area contributed by atoms with Crippen molar-refractivity contribution in [2.45, 2.75) is 31.0 Å². The zero-order valence-corrected chi connectivity index (χ0v) is 11.7. The fourth-order valence-electron chi connectivity index (χ4n) is 2.25. The van der Waals surface area contributed by atoms with Crippen LogP contribution in [0.3, 0.4) is 0 Å². The molecule has 1 aromatic rings. The van der Waals surface area contributed by atoms with Crippen LogP contribution in [-0.4, -0.2) is 30.3 Å². The Balaban J connectivity index is 2.34. The summed E-state index contributed by atoms with van der Waals surface area (Å²) in [5.74, 6) is -6.00. The van der Waals surface area contributed by atoms with Crippen LogP contribution in [-0.2, 0) is 5.92 Å². The van der Waals surface area contributed by atoms with Gasteiger partial charge in [-0.2, -0.15) is 22.0 Å². The van der Waals surface area contributed by atoms with Gasteiger partial charge < -0.3 is 10.1 Å². The molecule has 1 aliphatic rings. The second-order valence-electron chi connectivity index (χ2n) is 5.11. The molecular weight excluding hydrogens is 327 g/mol. The quantitative estimate of drug-likeness (QED) is 0.507. The maximum Gasteiger partial charge on any atom is 0.458 e. The number of alkyl halides is 5. The zero-order valence-electron chi connectivity index (χ0n) is 11.7. The minimum atomic E-state index is -5.83. The van der Waals surface area contributed by atoms with Gasteiger partial charge in [-0.3, -0.25) is 10.1 Å². The summed E-state index contributed by atoms with van der Waals surface area (Å²) in [7, 11) is 0. The first-order valence-corrected chi connectivity index (χ1v) is 6.72. The summed E-state index contributed by atoms with van der Waals surface area (Å²) in [5.41, 5.74) is -2.06. The minimum Gasteiger partial charge on any atom is -0.491 e. The molecule has 10 heteroatoms. The van der Waals surface area contributed by atoms with Gasteiger partial charge >= 0.3 is 12.1 Å². The van der Waals surface area contributed by atoms with Crippen molar-refractivity contribution >= 4 is 5.69 Å². The number of halogens is 5. The Labute approximate surface area is 127 Å². The van der Waals surface area contributed by atoms with E-state index in [1.165, 1.54) is 0 Å². The lowest BCUT2D eigenvalue weighted by Gasteiger charge is -2.23. The molecule has 1 aliphatic heterocycles. The number of nitrogens with zero attached hydrogens (tertiary/aromatic N) is 1. The second kappa shape index (κ2) is 6.26. The van der Waals surface area contributed by atoms with Gasteiger partial charge in [0.1, 0.15) is 12.4 Å². The van der Waals surface area contributed by atoms with Crippen molar-refractivity contribution in [2.75, 3.05) is 13.2 Å². The molecule has 1 aromatic carbocycles. The first kappa shape index (κ1) is 17.4. The van der Waals surface area contributed by atoms with Crippen LogP contribution in [0.2, 0.25) is 0 Å². The number of nitro groups is 1. The lowest BCUT2D eigenvalue weighted by Crippen LogP contribution is -2.35. The van der Waals surface area contributed by atoms with Crippen LogP contribution in [0.15, 0.2) is 18.2 Å². The Morgan fingerprint density at radius 2 is 2.00 bits per heavy atom. The van der Waals surface area contributed by atoms with Crippen molar-refractivity contribution in [1.82, 2.24) is 5.32 Å². The van der Waals surface area contributed by atoms with E-state index in [1.54, 1.807) is 0 Å². The Hall–Kier alpha value is -1.97. The molecular formula is C13H13F5N2O3. The van der Waals surface area contributed by atoms with E-state index < -0.39 is 34.0 Å². The lowest BCUT2D eigenvalue weighted by molar-refractivity contribution is -0.385. The van der Waals surface area contributed by atoms with E-state index in [0.717, 1.165) is 6.42 Å². The Kier molecular flexibility index (Phi) is 4.73. The van der Waals surface area contributed by atoms with Crippen LogP contribution in [0.5, 0.6) is 5.75 Å². The predicted octanol–water partition coefficient (Wildman–Crippen LogP) is 3.38. The first-order chi connectivity index (χ1) is 10.6. The summed E-state index contributed by atoms with van der Waals surface area (Å²) in [4.78, 5) is 9.81. The molecule has 1 heterocycles. The molecule has 1 saturated heterocycles. The number of nitrogens with one attached hydrogen (secondary N) is 1. The summed E-state index contributed by atoms with van der Waals surface area (Å²) in [5, 5.41) is 13.7. The topological polar surface area (TPSA) is 64.4 Å². The highest BCUT2D eigenvalue weighted by Crippen LogP contribution is 2.47. The monoisotopic (exact) mass is 340 g/mol. The van der Waals surface area contributed by atoms with Crippen LogP contribution in [0.25, 0.3) is 0 Å². The highest BCUT2D eigenvalue weighted by molar-refractivity contribution is 5.47. The van der Waals surface area contributed by atoms with Crippen LogP contribution < -0.4 is 10.1 Å². The van der Waals surface area contributed by atoms with Crippen molar-refractivity contribution in [2.24, 2.45) is 0 Å². The summed E-state index contributed by atoms with van der Waals surface area (Å²) in [6.07, 6.45) is -4.32. The fraction of sp³-hybridized carbons (Fsp3) is 0.538. The molecule has 0 aliphatic carbocycles. The maximum atomic E-state index is 13.6. The molecule has 1 fully saturated rings. The molecule has 0 amide bonds. The molecule has 0 bridgehead atoms. The molecule has 128 valence electrons. The third kappa shape index (κ3) is 3.69. The second-order valence-corrected chi connectivity index (χ2v) is 5.11. The van der Waals surface area contributed by atoms with Gasteiger partial charge in [-0.1, -0.05) is 0 Å². The fourth-order valence-corrected chi connectivity index (χ4v) is 2.25. The predicted molar refractivity (Wildman–Crippen MR) is 69.6 cm³/mol. The highest BCUT2D eigenvalue weighted by atomic mass is 19.4. The van der Waals surface area contributed by atoms with E-state index in [0.29, 0.717) is 31.2 Å². The van der Waals surface area contributed by atoms with Gasteiger partial charge in [-0.15, -0.1) is 0 Å². The first-order valence-electron chi connectivity index (χ1n) is 6.72. The number of hydrogen-bond donors (Lipinski definition) is 1. The van der Waals surface area contributed by atoms with Crippen molar-refractivity contribution < 1.29 is 31.6 Å². The van der Waals surface area contributed by atoms with E-state index in [9.17, 15) is 32.1 Å². The zero-order chi connectivity index (χ0) is 17.3. The molecule has 0 radical (unpaired) electrons. The van der Waals surface area contributed by atoms with Crippen molar-refractivity contribution in [3.8, 4) is 5.75 Å². The number of non-ortho nitro benzene ring substituents is 1. The normalized spacial score (nSPS) is 18.9. The average Bonchev–Trinajstić information content (AvgIpc) is 2.96. The van der Waals surface area contributed by atoms with Gasteiger partial charge in [-0.25, -0.2) is 0 Å². The molecule has 1 atom stereocenters. The summed E-state index contributed by atoms with van der Waals surface area (Å²) < 4.78 is 69.8. The van der Waals surface area contributed by atoms with E-state index in [2.05, 4.69) is 5.32 Å². The van der Waals surface area contributed by atoms with E-state index in [1.807, 2.05) is 0 Å². The molecule has 0 spiro atoms.